The zero-order chi connectivity index (χ0) is 12.3. The summed E-state index contributed by atoms with van der Waals surface area (Å²) >= 11 is 0. The average Bonchev–Trinajstić information content (AvgIpc) is 2.40. The quantitative estimate of drug-likeness (QED) is 0.870. The summed E-state index contributed by atoms with van der Waals surface area (Å²) in [5, 5.41) is 3.23. The number of Topliss-reactive ketones (excluding diaryl/α,β-unsaturated/α-hetero) is 1. The Balaban J connectivity index is 2.42. The smallest absolute Gasteiger partial charge is 0.157 e. The van der Waals surface area contributed by atoms with E-state index in [9.17, 15) is 4.79 Å². The number of carbonyl (C=O) groups excluding carboxylic acids is 1. The molecule has 1 fully saturated rings. The van der Waals surface area contributed by atoms with E-state index in [1.165, 1.54) is 0 Å². The molecule has 92 valence electrons. The van der Waals surface area contributed by atoms with Gasteiger partial charge >= 0.3 is 0 Å². The van der Waals surface area contributed by atoms with Crippen LogP contribution in [0.4, 0.5) is 0 Å². The van der Waals surface area contributed by atoms with Crippen LogP contribution in [0.15, 0.2) is 24.3 Å². The van der Waals surface area contributed by atoms with Gasteiger partial charge in [0.25, 0.3) is 0 Å². The molecule has 0 amide bonds. The fourth-order valence-corrected chi connectivity index (χ4v) is 2.63. The molecule has 2 rings (SSSR count). The molecule has 1 atom stereocenters. The summed E-state index contributed by atoms with van der Waals surface area (Å²) in [5.41, 5.74) is 0.510. The first kappa shape index (κ1) is 12.1. The van der Waals surface area contributed by atoms with E-state index >= 15 is 0 Å². The third kappa shape index (κ3) is 2.07. The Morgan fingerprint density at radius 1 is 1.35 bits per heavy atom. The van der Waals surface area contributed by atoms with Crippen molar-refractivity contribution in [1.29, 1.82) is 0 Å². The molecule has 0 aromatic heterocycles. The molecule has 0 saturated heterocycles. The van der Waals surface area contributed by atoms with E-state index in [2.05, 4.69) is 5.32 Å². The predicted octanol–water partition coefficient (Wildman–Crippen LogP) is 2.25. The second kappa shape index (κ2) is 4.88. The molecule has 1 aromatic rings. The van der Waals surface area contributed by atoms with Crippen molar-refractivity contribution in [3.63, 3.8) is 0 Å². The largest absolute Gasteiger partial charge is 0.497 e. The van der Waals surface area contributed by atoms with E-state index < -0.39 is 5.54 Å². The van der Waals surface area contributed by atoms with Crippen molar-refractivity contribution in [2.24, 2.45) is 0 Å². The normalized spacial score (nSPS) is 24.7. The number of benzene rings is 1. The Bertz CT molecular complexity index is 416. The maximum absolute atomic E-state index is 12.2. The molecule has 0 bridgehead atoms. The fraction of sp³-hybridized carbons (Fsp3) is 0.500. The first-order valence-electron chi connectivity index (χ1n) is 6.09. The average molecular weight is 233 g/mol. The van der Waals surface area contributed by atoms with Crippen molar-refractivity contribution in [2.45, 2.75) is 31.2 Å². The van der Waals surface area contributed by atoms with Crippen LogP contribution in [0.3, 0.4) is 0 Å². The number of carbonyl (C=O) groups is 1. The number of rotatable bonds is 3. The third-order valence-corrected chi connectivity index (χ3v) is 3.67. The van der Waals surface area contributed by atoms with E-state index in [4.69, 9.17) is 4.74 Å². The SMILES string of the molecule is CNC1(c2cccc(OC)c2)CCCCC1=O. The lowest BCUT2D eigenvalue weighted by Crippen LogP contribution is -2.49. The molecule has 3 nitrogen and oxygen atoms in total. The second-order valence-corrected chi connectivity index (χ2v) is 4.52. The molecule has 1 aromatic carbocycles. The van der Waals surface area contributed by atoms with Gasteiger partial charge < -0.3 is 10.1 Å². The standard InChI is InChI=1S/C14H19NO2/c1-15-14(9-4-3-8-13(14)16)11-6-5-7-12(10-11)17-2/h5-7,10,15H,3-4,8-9H2,1-2H3. The van der Waals surface area contributed by atoms with E-state index in [0.717, 1.165) is 30.6 Å². The van der Waals surface area contributed by atoms with Gasteiger partial charge in [-0.15, -0.1) is 0 Å². The van der Waals surface area contributed by atoms with Crippen LogP contribution >= 0.6 is 0 Å². The molecular formula is C14H19NO2. The lowest BCUT2D eigenvalue weighted by atomic mass is 9.75. The van der Waals surface area contributed by atoms with Crippen LogP contribution in [-0.4, -0.2) is 19.9 Å². The fourth-order valence-electron chi connectivity index (χ4n) is 2.63. The third-order valence-electron chi connectivity index (χ3n) is 3.67. The van der Waals surface area contributed by atoms with Crippen LogP contribution in [0, 0.1) is 0 Å². The number of nitrogens with one attached hydrogen (secondary N) is 1. The van der Waals surface area contributed by atoms with Gasteiger partial charge in [0.15, 0.2) is 5.78 Å². The van der Waals surface area contributed by atoms with Crippen LogP contribution < -0.4 is 10.1 Å². The number of ether oxygens (including phenoxy) is 1. The van der Waals surface area contributed by atoms with Crippen LogP contribution in [0.5, 0.6) is 5.75 Å². The van der Waals surface area contributed by atoms with Gasteiger partial charge in [-0.25, -0.2) is 0 Å². The molecule has 1 unspecified atom stereocenters. The minimum absolute atomic E-state index is 0.291. The lowest BCUT2D eigenvalue weighted by molar-refractivity contribution is -0.127. The maximum Gasteiger partial charge on any atom is 0.157 e. The number of likely N-dealkylation sites (N-methyl/N-ethyl adjacent to an activating group) is 1. The Hall–Kier alpha value is -1.35. The predicted molar refractivity (Wildman–Crippen MR) is 67.2 cm³/mol. The molecule has 17 heavy (non-hydrogen) atoms. The Labute approximate surface area is 102 Å². The highest BCUT2D eigenvalue weighted by atomic mass is 16.5. The number of hydrogen-bond acceptors (Lipinski definition) is 3. The molecule has 1 N–H and O–H groups in total. The highest BCUT2D eigenvalue weighted by molar-refractivity contribution is 5.90. The summed E-state index contributed by atoms with van der Waals surface area (Å²) in [7, 11) is 3.51. The maximum atomic E-state index is 12.2. The van der Waals surface area contributed by atoms with Crippen molar-refractivity contribution in [3.05, 3.63) is 29.8 Å². The highest BCUT2D eigenvalue weighted by Gasteiger charge is 2.39. The van der Waals surface area contributed by atoms with E-state index in [1.54, 1.807) is 7.11 Å². The van der Waals surface area contributed by atoms with E-state index in [0.29, 0.717) is 12.2 Å². The first-order chi connectivity index (χ1) is 8.23. The minimum atomic E-state index is -0.507. The van der Waals surface area contributed by atoms with Crippen LogP contribution in [0.25, 0.3) is 0 Å². The first-order valence-corrected chi connectivity index (χ1v) is 6.09. The summed E-state index contributed by atoms with van der Waals surface area (Å²) in [5.74, 6) is 1.09. The summed E-state index contributed by atoms with van der Waals surface area (Å²) in [6, 6.07) is 7.80. The van der Waals surface area contributed by atoms with Crippen molar-refractivity contribution >= 4 is 5.78 Å². The molecular weight excluding hydrogens is 214 g/mol. The van der Waals surface area contributed by atoms with Gasteiger partial charge in [0.2, 0.25) is 0 Å². The summed E-state index contributed by atoms with van der Waals surface area (Å²) in [6.45, 7) is 0. The highest BCUT2D eigenvalue weighted by Crippen LogP contribution is 2.35. The summed E-state index contributed by atoms with van der Waals surface area (Å²) in [4.78, 5) is 12.2. The topological polar surface area (TPSA) is 38.3 Å². The van der Waals surface area contributed by atoms with E-state index in [-0.39, 0.29) is 0 Å². The van der Waals surface area contributed by atoms with Gasteiger partial charge in [0.1, 0.15) is 11.3 Å². The van der Waals surface area contributed by atoms with Crippen molar-refractivity contribution < 1.29 is 9.53 Å². The molecule has 1 aliphatic carbocycles. The number of hydrogen-bond donors (Lipinski definition) is 1. The summed E-state index contributed by atoms with van der Waals surface area (Å²) in [6.07, 6.45) is 3.63. The van der Waals surface area contributed by atoms with Gasteiger partial charge in [0, 0.05) is 6.42 Å². The van der Waals surface area contributed by atoms with Crippen LogP contribution in [0.1, 0.15) is 31.2 Å². The van der Waals surface area contributed by atoms with Gasteiger partial charge in [-0.3, -0.25) is 4.79 Å². The van der Waals surface area contributed by atoms with Gasteiger partial charge in [0.05, 0.1) is 7.11 Å². The molecule has 3 heteroatoms. The molecule has 0 radical (unpaired) electrons. The Morgan fingerprint density at radius 2 is 2.18 bits per heavy atom. The molecule has 0 heterocycles. The number of methoxy groups -OCH3 is 1. The monoisotopic (exact) mass is 233 g/mol. The van der Waals surface area contributed by atoms with Gasteiger partial charge in [-0.1, -0.05) is 18.6 Å². The van der Waals surface area contributed by atoms with Gasteiger partial charge in [-0.05, 0) is 37.6 Å². The number of ketones is 1. The Kier molecular flexibility index (Phi) is 3.48. The van der Waals surface area contributed by atoms with E-state index in [1.807, 2.05) is 31.3 Å². The van der Waals surface area contributed by atoms with Gasteiger partial charge in [-0.2, -0.15) is 0 Å². The van der Waals surface area contributed by atoms with Crippen LogP contribution in [-0.2, 0) is 10.3 Å². The zero-order valence-corrected chi connectivity index (χ0v) is 10.5. The molecule has 1 saturated carbocycles. The van der Waals surface area contributed by atoms with Crippen molar-refractivity contribution in [1.82, 2.24) is 5.32 Å². The lowest BCUT2D eigenvalue weighted by Gasteiger charge is -2.36. The zero-order valence-electron chi connectivity index (χ0n) is 10.5. The molecule has 1 aliphatic rings. The van der Waals surface area contributed by atoms with Crippen molar-refractivity contribution in [2.75, 3.05) is 14.2 Å². The summed E-state index contributed by atoms with van der Waals surface area (Å²) < 4.78 is 5.23. The van der Waals surface area contributed by atoms with Crippen molar-refractivity contribution in [3.8, 4) is 5.75 Å². The molecule has 0 aliphatic heterocycles. The second-order valence-electron chi connectivity index (χ2n) is 4.52. The minimum Gasteiger partial charge on any atom is -0.497 e. The Morgan fingerprint density at radius 3 is 2.82 bits per heavy atom. The van der Waals surface area contributed by atoms with Crippen LogP contribution in [0.2, 0.25) is 0 Å². The molecule has 0 spiro atoms.